The van der Waals surface area contributed by atoms with Crippen molar-refractivity contribution in [3.05, 3.63) is 47.3 Å². The number of hydrogen-bond donors (Lipinski definition) is 1. The van der Waals surface area contributed by atoms with Crippen molar-refractivity contribution in [2.75, 3.05) is 48.3 Å². The number of amides is 1. The molecule has 3 aliphatic heterocycles. The van der Waals surface area contributed by atoms with Gasteiger partial charge in [0.15, 0.2) is 10.9 Å². The van der Waals surface area contributed by atoms with Gasteiger partial charge in [0, 0.05) is 48.3 Å². The number of piperazine rings is 1. The summed E-state index contributed by atoms with van der Waals surface area (Å²) >= 11 is 7.54. The lowest BCUT2D eigenvalue weighted by Crippen LogP contribution is -2.64. The summed E-state index contributed by atoms with van der Waals surface area (Å²) in [7, 11) is 0. The first-order chi connectivity index (χ1) is 19.2. The molecule has 1 fully saturated rings. The van der Waals surface area contributed by atoms with Crippen molar-refractivity contribution in [3.8, 4) is 17.0 Å². The fourth-order valence-electron chi connectivity index (χ4n) is 6.15. The predicted molar refractivity (Wildman–Crippen MR) is 150 cm³/mol. The molecule has 40 heavy (non-hydrogen) atoms. The summed E-state index contributed by atoms with van der Waals surface area (Å²) in [5.74, 6) is -2.62. The molecule has 8 nitrogen and oxygen atoms in total. The van der Waals surface area contributed by atoms with E-state index in [1.807, 2.05) is 6.92 Å². The van der Waals surface area contributed by atoms with Crippen LogP contribution in [-0.2, 0) is 4.79 Å². The monoisotopic (exact) mass is 586 g/mol. The zero-order valence-corrected chi connectivity index (χ0v) is 22.8. The number of fused-ring (bicyclic) bond motifs is 5. The number of aromatic nitrogens is 2. The van der Waals surface area contributed by atoms with E-state index in [4.69, 9.17) is 22.1 Å². The molecular formula is C27H22ClF3N6O2S. The molecule has 2 aromatic heterocycles. The van der Waals surface area contributed by atoms with Crippen molar-refractivity contribution < 1.29 is 22.7 Å². The van der Waals surface area contributed by atoms with E-state index in [0.717, 1.165) is 17.0 Å². The molecule has 0 saturated carbocycles. The lowest BCUT2D eigenvalue weighted by molar-refractivity contribution is -0.128. The molecule has 0 spiro atoms. The number of benzene rings is 2. The number of thiazole rings is 1. The van der Waals surface area contributed by atoms with Crippen LogP contribution >= 0.6 is 22.9 Å². The Morgan fingerprint density at radius 2 is 1.95 bits per heavy atom. The molecule has 13 heteroatoms. The number of pyridine rings is 1. The van der Waals surface area contributed by atoms with E-state index >= 15 is 8.78 Å². The van der Waals surface area contributed by atoms with Crippen molar-refractivity contribution in [1.82, 2.24) is 14.9 Å². The van der Waals surface area contributed by atoms with Crippen LogP contribution in [0, 0.1) is 17.5 Å². The standard InChI is InChI=1S/C27H22ClF3N6O2S/c1-3-17(38)36-10-12-9-35-4-5-39-26-24(35)23(37(12)8-11(36)2)13-6-14(28)18(20(31)21(13)33-26)19-15(29)7-16(30)25-22(19)34-27(32)40-25/h3,6-7,11-12H,1,4-5,8-10H2,2H3,(H2,32,34)/t11-,12-/m1/s1. The third-order valence-corrected chi connectivity index (χ3v) is 9.05. The second-order valence-electron chi connectivity index (χ2n) is 10.1. The van der Waals surface area contributed by atoms with Gasteiger partial charge in [0.05, 0.1) is 33.5 Å². The summed E-state index contributed by atoms with van der Waals surface area (Å²) < 4.78 is 52.2. The molecule has 2 N–H and O–H groups in total. The minimum absolute atomic E-state index is 0.000651. The number of rotatable bonds is 2. The van der Waals surface area contributed by atoms with Gasteiger partial charge in [0.25, 0.3) is 0 Å². The van der Waals surface area contributed by atoms with Crippen LogP contribution in [0.25, 0.3) is 32.2 Å². The van der Waals surface area contributed by atoms with Gasteiger partial charge in [-0.2, -0.15) is 0 Å². The highest BCUT2D eigenvalue weighted by atomic mass is 35.5. The largest absolute Gasteiger partial charge is 0.474 e. The summed E-state index contributed by atoms with van der Waals surface area (Å²) in [4.78, 5) is 27.2. The first kappa shape index (κ1) is 25.2. The fraction of sp³-hybridized carbons (Fsp3) is 0.296. The van der Waals surface area contributed by atoms with Crippen LogP contribution in [0.2, 0.25) is 5.02 Å². The highest BCUT2D eigenvalue weighted by molar-refractivity contribution is 7.22. The normalized spacial score (nSPS) is 20.0. The second kappa shape index (κ2) is 8.87. The number of hydrogen-bond acceptors (Lipinski definition) is 8. The topological polar surface area (TPSA) is 87.8 Å². The van der Waals surface area contributed by atoms with E-state index in [1.165, 1.54) is 6.08 Å². The predicted octanol–water partition coefficient (Wildman–Crippen LogP) is 4.97. The van der Waals surface area contributed by atoms with E-state index in [9.17, 15) is 9.18 Å². The summed E-state index contributed by atoms with van der Waals surface area (Å²) in [6.07, 6.45) is 1.31. The molecule has 0 aliphatic carbocycles. The number of nitrogens with zero attached hydrogens (tertiary/aromatic N) is 5. The quantitative estimate of drug-likeness (QED) is 0.332. The summed E-state index contributed by atoms with van der Waals surface area (Å²) in [6.45, 7) is 8.09. The number of anilines is 3. The molecule has 2 aromatic carbocycles. The summed E-state index contributed by atoms with van der Waals surface area (Å²) in [6, 6.07) is 2.01. The third kappa shape index (κ3) is 3.48. The number of nitrogens with two attached hydrogens (primary N) is 1. The van der Waals surface area contributed by atoms with Gasteiger partial charge in [-0.15, -0.1) is 0 Å². The number of carbonyl (C=O) groups is 1. The third-order valence-electron chi connectivity index (χ3n) is 7.86. The lowest BCUT2D eigenvalue weighted by atomic mass is 9.95. The van der Waals surface area contributed by atoms with Gasteiger partial charge in [-0.1, -0.05) is 29.5 Å². The number of ether oxygens (including phenoxy) is 1. The molecule has 1 amide bonds. The maximum atomic E-state index is 16.5. The Balaban J connectivity index is 1.48. The Kier molecular flexibility index (Phi) is 5.59. The van der Waals surface area contributed by atoms with E-state index in [-0.39, 0.29) is 60.9 Å². The highest BCUT2D eigenvalue weighted by Crippen LogP contribution is 2.51. The SMILES string of the molecule is C=CC(=O)N1C[C@H]2CN3CCOc4nc5c(F)c(-c6c(F)cc(F)c7sc(N)nc67)c(Cl)cc5c(c43)N2C[C@H]1C. The van der Waals surface area contributed by atoms with Crippen molar-refractivity contribution in [1.29, 1.82) is 0 Å². The molecule has 1 saturated heterocycles. The average molecular weight is 587 g/mol. The van der Waals surface area contributed by atoms with Crippen LogP contribution < -0.4 is 20.3 Å². The summed E-state index contributed by atoms with van der Waals surface area (Å²) in [5.41, 5.74) is 6.48. The Bertz CT molecular complexity index is 1780. The van der Waals surface area contributed by atoms with Gasteiger partial charge in [-0.05, 0) is 19.1 Å². The molecule has 0 unspecified atom stereocenters. The maximum Gasteiger partial charge on any atom is 0.246 e. The van der Waals surface area contributed by atoms with Crippen LogP contribution in [0.3, 0.4) is 0 Å². The zero-order valence-electron chi connectivity index (χ0n) is 21.2. The number of carbonyl (C=O) groups excluding carboxylic acids is 1. The number of nitrogen functional groups attached to an aromatic ring is 1. The average Bonchev–Trinajstić information content (AvgIpc) is 3.32. The van der Waals surface area contributed by atoms with Crippen LogP contribution in [0.4, 0.5) is 29.7 Å². The second-order valence-corrected chi connectivity index (χ2v) is 11.6. The van der Waals surface area contributed by atoms with Crippen LogP contribution in [0.1, 0.15) is 6.92 Å². The number of halogens is 4. The van der Waals surface area contributed by atoms with E-state index in [1.54, 1.807) is 11.0 Å². The van der Waals surface area contributed by atoms with Crippen molar-refractivity contribution >= 4 is 66.5 Å². The smallest absolute Gasteiger partial charge is 0.246 e. The molecule has 5 heterocycles. The molecule has 2 atom stereocenters. The van der Waals surface area contributed by atoms with Crippen LogP contribution in [0.5, 0.6) is 5.88 Å². The molecule has 3 aliphatic rings. The van der Waals surface area contributed by atoms with Crippen molar-refractivity contribution in [2.45, 2.75) is 19.0 Å². The molecule has 206 valence electrons. The highest BCUT2D eigenvalue weighted by Gasteiger charge is 2.43. The minimum atomic E-state index is -1.02. The zero-order chi connectivity index (χ0) is 28.0. The molecule has 7 rings (SSSR count). The van der Waals surface area contributed by atoms with Gasteiger partial charge >= 0.3 is 0 Å². The Morgan fingerprint density at radius 1 is 1.15 bits per heavy atom. The maximum absolute atomic E-state index is 16.5. The molecule has 4 aromatic rings. The molecule has 0 bridgehead atoms. The first-order valence-electron chi connectivity index (χ1n) is 12.7. The lowest BCUT2D eigenvalue weighted by Gasteiger charge is -2.52. The first-order valence-corrected chi connectivity index (χ1v) is 13.8. The fourth-order valence-corrected chi connectivity index (χ4v) is 7.18. The van der Waals surface area contributed by atoms with Gasteiger partial charge in [0.1, 0.15) is 29.4 Å². The molecular weight excluding hydrogens is 565 g/mol. The van der Waals surface area contributed by atoms with Gasteiger partial charge < -0.3 is 25.2 Å². The van der Waals surface area contributed by atoms with Gasteiger partial charge in [-0.25, -0.2) is 23.1 Å². The van der Waals surface area contributed by atoms with Gasteiger partial charge in [0.2, 0.25) is 11.8 Å². The van der Waals surface area contributed by atoms with Crippen molar-refractivity contribution in [3.63, 3.8) is 0 Å². The Morgan fingerprint density at radius 3 is 2.73 bits per heavy atom. The van der Waals surface area contributed by atoms with E-state index in [0.29, 0.717) is 49.9 Å². The Hall–Kier alpha value is -3.77. The van der Waals surface area contributed by atoms with Gasteiger partial charge in [-0.3, -0.25) is 4.79 Å². The van der Waals surface area contributed by atoms with Crippen molar-refractivity contribution in [2.24, 2.45) is 0 Å². The van der Waals surface area contributed by atoms with Crippen LogP contribution in [0.15, 0.2) is 24.8 Å². The van der Waals surface area contributed by atoms with E-state index in [2.05, 4.69) is 26.3 Å². The Labute approximate surface area is 235 Å². The molecule has 0 radical (unpaired) electrons. The minimum Gasteiger partial charge on any atom is -0.474 e. The summed E-state index contributed by atoms with van der Waals surface area (Å²) in [5, 5.41) is 0.357. The van der Waals surface area contributed by atoms with Crippen LogP contribution in [-0.4, -0.2) is 65.6 Å². The van der Waals surface area contributed by atoms with E-state index < -0.39 is 17.5 Å².